The van der Waals surface area contributed by atoms with Crippen LogP contribution in [0.4, 0.5) is 0 Å². The molecular weight excluding hydrogens is 210 g/mol. The fourth-order valence-corrected chi connectivity index (χ4v) is 2.49. The normalized spacial score (nSPS) is 17.1. The molecule has 2 N–H and O–H groups in total. The van der Waals surface area contributed by atoms with Crippen LogP contribution in [-0.4, -0.2) is 7.11 Å². The Bertz CT molecular complexity index is 546. The lowest BCUT2D eigenvalue weighted by atomic mass is 9.95. The number of ether oxygens (including phenoxy) is 1. The zero-order valence-corrected chi connectivity index (χ0v) is 10.0. The first kappa shape index (κ1) is 10.6. The van der Waals surface area contributed by atoms with Crippen LogP contribution in [0.25, 0.3) is 10.8 Å². The summed E-state index contributed by atoms with van der Waals surface area (Å²) in [6.45, 7) is 0. The van der Waals surface area contributed by atoms with E-state index in [1.165, 1.54) is 29.2 Å². The number of fused-ring (bicyclic) bond motifs is 1. The number of benzene rings is 2. The molecule has 2 nitrogen and oxygen atoms in total. The summed E-state index contributed by atoms with van der Waals surface area (Å²) in [4.78, 5) is 0. The van der Waals surface area contributed by atoms with Crippen molar-refractivity contribution in [3.63, 3.8) is 0 Å². The van der Waals surface area contributed by atoms with Crippen LogP contribution in [0.3, 0.4) is 0 Å². The fraction of sp³-hybridized carbons (Fsp3) is 0.333. The Labute approximate surface area is 101 Å². The van der Waals surface area contributed by atoms with E-state index < -0.39 is 0 Å². The molecule has 2 aromatic rings. The molecule has 17 heavy (non-hydrogen) atoms. The highest BCUT2D eigenvalue weighted by atomic mass is 16.5. The van der Waals surface area contributed by atoms with Crippen molar-refractivity contribution in [2.75, 3.05) is 7.11 Å². The van der Waals surface area contributed by atoms with Gasteiger partial charge in [-0.1, -0.05) is 30.3 Å². The van der Waals surface area contributed by atoms with Gasteiger partial charge >= 0.3 is 0 Å². The van der Waals surface area contributed by atoms with Crippen LogP contribution >= 0.6 is 0 Å². The quantitative estimate of drug-likeness (QED) is 0.873. The predicted molar refractivity (Wildman–Crippen MR) is 70.2 cm³/mol. The minimum Gasteiger partial charge on any atom is -0.496 e. The summed E-state index contributed by atoms with van der Waals surface area (Å²) in [5.41, 5.74) is 7.54. The number of nitrogens with two attached hydrogens (primary N) is 1. The van der Waals surface area contributed by atoms with Gasteiger partial charge in [-0.25, -0.2) is 0 Å². The predicted octanol–water partition coefficient (Wildman–Crippen LogP) is 3.26. The molecule has 3 rings (SSSR count). The largest absolute Gasteiger partial charge is 0.496 e. The van der Waals surface area contributed by atoms with Gasteiger partial charge in [-0.2, -0.15) is 0 Å². The molecule has 1 aliphatic rings. The first-order chi connectivity index (χ1) is 8.31. The third kappa shape index (κ3) is 1.79. The average molecular weight is 227 g/mol. The topological polar surface area (TPSA) is 35.2 Å². The second-order valence-electron chi connectivity index (χ2n) is 4.77. The summed E-state index contributed by atoms with van der Waals surface area (Å²) in [6.07, 6.45) is 2.49. The van der Waals surface area contributed by atoms with Gasteiger partial charge in [0, 0.05) is 11.6 Å². The van der Waals surface area contributed by atoms with Crippen molar-refractivity contribution in [3.05, 3.63) is 42.0 Å². The highest BCUT2D eigenvalue weighted by molar-refractivity contribution is 5.88. The summed E-state index contributed by atoms with van der Waals surface area (Å²) in [5.74, 6) is 1.55. The van der Waals surface area contributed by atoms with Crippen LogP contribution in [0.1, 0.15) is 24.4 Å². The van der Waals surface area contributed by atoms with E-state index in [4.69, 9.17) is 10.5 Å². The Hall–Kier alpha value is -1.54. The van der Waals surface area contributed by atoms with Crippen LogP contribution < -0.4 is 10.5 Å². The van der Waals surface area contributed by atoms with Crippen molar-refractivity contribution in [2.45, 2.75) is 18.9 Å². The maximum absolute atomic E-state index is 6.36. The Morgan fingerprint density at radius 3 is 2.65 bits per heavy atom. The molecule has 0 aliphatic heterocycles. The third-order valence-electron chi connectivity index (χ3n) is 3.61. The summed E-state index contributed by atoms with van der Waals surface area (Å²) in [5, 5.41) is 2.46. The van der Waals surface area contributed by atoms with Crippen molar-refractivity contribution in [1.29, 1.82) is 0 Å². The van der Waals surface area contributed by atoms with E-state index in [1.807, 2.05) is 6.07 Å². The summed E-state index contributed by atoms with van der Waals surface area (Å²) < 4.78 is 5.47. The lowest BCUT2D eigenvalue weighted by Crippen LogP contribution is -2.14. The molecule has 88 valence electrons. The number of hydrogen-bond donors (Lipinski definition) is 1. The lowest BCUT2D eigenvalue weighted by molar-refractivity contribution is 0.404. The Morgan fingerprint density at radius 2 is 1.94 bits per heavy atom. The molecule has 0 aromatic heterocycles. The molecule has 1 aliphatic carbocycles. The standard InChI is InChI=1S/C15H17NO/c1-17-13-9-8-10-4-2-3-5-12(10)14(13)15(16)11-6-7-11/h2-5,8-9,11,15H,6-7,16H2,1H3/t15-/m1/s1. The van der Waals surface area contributed by atoms with Crippen molar-refractivity contribution < 1.29 is 4.74 Å². The van der Waals surface area contributed by atoms with Gasteiger partial charge in [0.25, 0.3) is 0 Å². The molecule has 1 fully saturated rings. The molecule has 2 heteroatoms. The highest BCUT2D eigenvalue weighted by Crippen LogP contribution is 2.44. The van der Waals surface area contributed by atoms with Gasteiger partial charge in [0.05, 0.1) is 7.11 Å². The van der Waals surface area contributed by atoms with Crippen LogP contribution in [0.15, 0.2) is 36.4 Å². The zero-order chi connectivity index (χ0) is 11.8. The molecule has 0 bridgehead atoms. The molecule has 0 radical (unpaired) electrons. The smallest absolute Gasteiger partial charge is 0.124 e. The molecule has 0 heterocycles. The number of methoxy groups -OCH3 is 1. The van der Waals surface area contributed by atoms with E-state index in [2.05, 4.69) is 30.3 Å². The van der Waals surface area contributed by atoms with Gasteiger partial charge in [-0.05, 0) is 35.6 Å². The lowest BCUT2D eigenvalue weighted by Gasteiger charge is -2.17. The van der Waals surface area contributed by atoms with Gasteiger partial charge < -0.3 is 10.5 Å². The fourth-order valence-electron chi connectivity index (χ4n) is 2.49. The maximum Gasteiger partial charge on any atom is 0.124 e. The SMILES string of the molecule is COc1ccc2ccccc2c1[C@H](N)C1CC1. The van der Waals surface area contributed by atoms with E-state index in [9.17, 15) is 0 Å². The third-order valence-corrected chi connectivity index (χ3v) is 3.61. The van der Waals surface area contributed by atoms with E-state index in [-0.39, 0.29) is 6.04 Å². The number of rotatable bonds is 3. The minimum absolute atomic E-state index is 0.107. The summed E-state index contributed by atoms with van der Waals surface area (Å²) in [7, 11) is 1.72. The second-order valence-corrected chi connectivity index (χ2v) is 4.77. The Balaban J connectivity index is 2.22. The minimum atomic E-state index is 0.107. The number of hydrogen-bond acceptors (Lipinski definition) is 2. The maximum atomic E-state index is 6.36. The molecule has 0 saturated heterocycles. The monoisotopic (exact) mass is 227 g/mol. The first-order valence-corrected chi connectivity index (χ1v) is 6.12. The van der Waals surface area contributed by atoms with Gasteiger partial charge in [0.15, 0.2) is 0 Å². The summed E-state index contributed by atoms with van der Waals surface area (Å²) in [6, 6.07) is 12.6. The van der Waals surface area contributed by atoms with E-state index >= 15 is 0 Å². The van der Waals surface area contributed by atoms with Gasteiger partial charge in [-0.3, -0.25) is 0 Å². The Morgan fingerprint density at radius 1 is 1.18 bits per heavy atom. The van der Waals surface area contributed by atoms with Crippen LogP contribution in [0.5, 0.6) is 5.75 Å². The van der Waals surface area contributed by atoms with Crippen LogP contribution in [0.2, 0.25) is 0 Å². The molecular formula is C15H17NO. The van der Waals surface area contributed by atoms with Crippen molar-refractivity contribution >= 4 is 10.8 Å². The molecule has 2 aromatic carbocycles. The van der Waals surface area contributed by atoms with Crippen molar-refractivity contribution in [2.24, 2.45) is 11.7 Å². The van der Waals surface area contributed by atoms with Crippen LogP contribution in [0, 0.1) is 5.92 Å². The van der Waals surface area contributed by atoms with Crippen molar-refractivity contribution in [3.8, 4) is 5.75 Å². The zero-order valence-electron chi connectivity index (χ0n) is 10.0. The molecule has 0 unspecified atom stereocenters. The first-order valence-electron chi connectivity index (χ1n) is 6.12. The highest BCUT2D eigenvalue weighted by Gasteiger charge is 2.32. The Kier molecular flexibility index (Phi) is 2.52. The second kappa shape index (κ2) is 4.04. The van der Waals surface area contributed by atoms with Crippen molar-refractivity contribution in [1.82, 2.24) is 0 Å². The molecule has 1 saturated carbocycles. The van der Waals surface area contributed by atoms with Gasteiger partial charge in [0.2, 0.25) is 0 Å². The van der Waals surface area contributed by atoms with E-state index in [0.29, 0.717) is 5.92 Å². The van der Waals surface area contributed by atoms with Crippen LogP contribution in [-0.2, 0) is 0 Å². The average Bonchev–Trinajstić information content (AvgIpc) is 3.20. The van der Waals surface area contributed by atoms with E-state index in [0.717, 1.165) is 5.75 Å². The molecule has 0 spiro atoms. The molecule has 1 atom stereocenters. The molecule has 0 amide bonds. The summed E-state index contributed by atoms with van der Waals surface area (Å²) >= 11 is 0. The van der Waals surface area contributed by atoms with Gasteiger partial charge in [-0.15, -0.1) is 0 Å². The van der Waals surface area contributed by atoms with E-state index in [1.54, 1.807) is 7.11 Å². The van der Waals surface area contributed by atoms with Gasteiger partial charge in [0.1, 0.15) is 5.75 Å².